The summed E-state index contributed by atoms with van der Waals surface area (Å²) in [5, 5.41) is 0. The van der Waals surface area contributed by atoms with Crippen molar-refractivity contribution >= 4 is 21.8 Å². The second-order valence-electron chi connectivity index (χ2n) is 4.17. The van der Waals surface area contributed by atoms with Crippen LogP contribution in [0.3, 0.4) is 0 Å². The van der Waals surface area contributed by atoms with Crippen LogP contribution in [0.15, 0.2) is 24.3 Å². The van der Waals surface area contributed by atoms with Crippen LogP contribution in [-0.4, -0.2) is 29.2 Å². The Balaban J connectivity index is 2.63. The Kier molecular flexibility index (Phi) is 5.00. The first-order valence-electron chi connectivity index (χ1n) is 5.47. The number of halogens is 1. The first-order chi connectivity index (χ1) is 7.50. The molecule has 1 amide bonds. The molecule has 0 aliphatic heterocycles. The van der Waals surface area contributed by atoms with E-state index >= 15 is 0 Å². The van der Waals surface area contributed by atoms with Gasteiger partial charge in [-0.3, -0.25) is 4.79 Å². The predicted molar refractivity (Wildman–Crippen MR) is 71.1 cm³/mol. The molecular weight excluding hydrogens is 266 g/mol. The molecular formula is C13H18BrNO. The number of amides is 1. The molecule has 0 aliphatic rings. The fourth-order valence-electron chi connectivity index (χ4n) is 1.47. The summed E-state index contributed by atoms with van der Waals surface area (Å²) in [4.78, 5) is 14.2. The van der Waals surface area contributed by atoms with Crippen molar-refractivity contribution in [3.8, 4) is 0 Å². The smallest absolute Gasteiger partial charge is 0.253 e. The highest BCUT2D eigenvalue weighted by Gasteiger charge is 2.11. The summed E-state index contributed by atoms with van der Waals surface area (Å²) in [6.45, 7) is 4.86. The lowest BCUT2D eigenvalue weighted by atomic mass is 10.1. The Morgan fingerprint density at radius 2 is 2.19 bits per heavy atom. The topological polar surface area (TPSA) is 20.3 Å². The molecule has 1 atom stereocenters. The average molecular weight is 284 g/mol. The summed E-state index contributed by atoms with van der Waals surface area (Å²) in [5.74, 6) is 0.0943. The fraction of sp³-hybridized carbons (Fsp3) is 0.462. The molecule has 1 aromatic carbocycles. The number of alkyl halides is 1. The third-order valence-corrected chi connectivity index (χ3v) is 2.93. The lowest BCUT2D eigenvalue weighted by Crippen LogP contribution is -2.28. The Bertz CT molecular complexity index is 363. The second-order valence-corrected chi connectivity index (χ2v) is 5.73. The van der Waals surface area contributed by atoms with Gasteiger partial charge in [0.05, 0.1) is 0 Å². The predicted octanol–water partition coefficient (Wildman–Crippen LogP) is 3.24. The fourth-order valence-corrected chi connectivity index (χ4v) is 1.68. The first kappa shape index (κ1) is 13.2. The zero-order valence-corrected chi connectivity index (χ0v) is 11.6. The summed E-state index contributed by atoms with van der Waals surface area (Å²) < 4.78 is 0. The molecule has 0 radical (unpaired) electrons. The van der Waals surface area contributed by atoms with Gasteiger partial charge in [-0.1, -0.05) is 40.5 Å². The average Bonchev–Trinajstić information content (AvgIpc) is 2.24. The van der Waals surface area contributed by atoms with Crippen molar-refractivity contribution in [2.24, 2.45) is 0 Å². The number of hydrogen-bond donors (Lipinski definition) is 0. The van der Waals surface area contributed by atoms with E-state index in [0.29, 0.717) is 4.83 Å². The van der Waals surface area contributed by atoms with Gasteiger partial charge >= 0.3 is 0 Å². The number of hydrogen-bond acceptors (Lipinski definition) is 1. The molecule has 0 saturated carbocycles. The van der Waals surface area contributed by atoms with Crippen molar-refractivity contribution in [3.05, 3.63) is 35.4 Å². The monoisotopic (exact) mass is 283 g/mol. The Labute approximate surface area is 106 Å². The van der Waals surface area contributed by atoms with Crippen molar-refractivity contribution in [3.63, 3.8) is 0 Å². The van der Waals surface area contributed by atoms with E-state index in [1.165, 1.54) is 0 Å². The number of carbonyl (C=O) groups is 1. The van der Waals surface area contributed by atoms with E-state index in [9.17, 15) is 4.79 Å². The van der Waals surface area contributed by atoms with Crippen LogP contribution >= 0.6 is 15.9 Å². The molecule has 0 saturated heterocycles. The van der Waals surface area contributed by atoms with E-state index in [4.69, 9.17) is 0 Å². The minimum Gasteiger partial charge on any atom is -0.342 e. The molecule has 3 heteroatoms. The van der Waals surface area contributed by atoms with Crippen molar-refractivity contribution in [1.82, 2.24) is 4.90 Å². The molecule has 0 N–H and O–H groups in total. The van der Waals surface area contributed by atoms with Crippen LogP contribution in [0.2, 0.25) is 0 Å². The Morgan fingerprint density at radius 3 is 2.75 bits per heavy atom. The van der Waals surface area contributed by atoms with Gasteiger partial charge in [-0.2, -0.15) is 0 Å². The highest BCUT2D eigenvalue weighted by Crippen LogP contribution is 2.09. The number of nitrogens with zero attached hydrogens (tertiary/aromatic N) is 1. The van der Waals surface area contributed by atoms with Gasteiger partial charge in [-0.15, -0.1) is 0 Å². The molecule has 2 nitrogen and oxygen atoms in total. The minimum absolute atomic E-state index is 0.0943. The maximum Gasteiger partial charge on any atom is 0.253 e. The third kappa shape index (κ3) is 3.97. The quantitative estimate of drug-likeness (QED) is 0.777. The van der Waals surface area contributed by atoms with Gasteiger partial charge < -0.3 is 4.90 Å². The zero-order chi connectivity index (χ0) is 12.1. The van der Waals surface area contributed by atoms with E-state index in [-0.39, 0.29) is 5.91 Å². The molecule has 0 bridgehead atoms. The van der Waals surface area contributed by atoms with Crippen molar-refractivity contribution in [1.29, 1.82) is 0 Å². The molecule has 88 valence electrons. The molecule has 0 fully saturated rings. The van der Waals surface area contributed by atoms with Crippen LogP contribution in [0.4, 0.5) is 0 Å². The maximum absolute atomic E-state index is 12.0. The standard InChI is InChI=1S/C13H18BrNO/c1-10-5-4-6-12(9-10)13(16)15(3)8-7-11(2)14/h4-6,9,11H,7-8H2,1-3H3. The van der Waals surface area contributed by atoms with Crippen LogP contribution in [0.5, 0.6) is 0 Å². The van der Waals surface area contributed by atoms with Crippen LogP contribution in [0.1, 0.15) is 29.3 Å². The van der Waals surface area contributed by atoms with Crippen LogP contribution in [0, 0.1) is 6.92 Å². The first-order valence-corrected chi connectivity index (χ1v) is 6.38. The van der Waals surface area contributed by atoms with Crippen LogP contribution in [-0.2, 0) is 0 Å². The normalized spacial score (nSPS) is 12.2. The molecule has 0 heterocycles. The van der Waals surface area contributed by atoms with E-state index in [0.717, 1.165) is 24.1 Å². The van der Waals surface area contributed by atoms with Crippen molar-refractivity contribution in [2.45, 2.75) is 25.1 Å². The van der Waals surface area contributed by atoms with Gasteiger partial charge in [0.25, 0.3) is 5.91 Å². The summed E-state index contributed by atoms with van der Waals surface area (Å²) in [6.07, 6.45) is 0.966. The highest BCUT2D eigenvalue weighted by molar-refractivity contribution is 9.09. The summed E-state index contributed by atoms with van der Waals surface area (Å²) in [5.41, 5.74) is 1.89. The van der Waals surface area contributed by atoms with Crippen LogP contribution in [0.25, 0.3) is 0 Å². The Morgan fingerprint density at radius 1 is 1.50 bits per heavy atom. The molecule has 0 aromatic heterocycles. The second kappa shape index (κ2) is 6.04. The van der Waals surface area contributed by atoms with Gasteiger partial charge in [0, 0.05) is 24.0 Å². The van der Waals surface area contributed by atoms with E-state index < -0.39 is 0 Å². The van der Waals surface area contributed by atoms with Crippen LogP contribution < -0.4 is 0 Å². The Hall–Kier alpha value is -0.830. The molecule has 1 aromatic rings. The summed E-state index contributed by atoms with van der Waals surface area (Å²) in [7, 11) is 1.85. The van der Waals surface area contributed by atoms with Gasteiger partial charge in [0.15, 0.2) is 0 Å². The lowest BCUT2D eigenvalue weighted by molar-refractivity contribution is 0.0794. The maximum atomic E-state index is 12.0. The molecule has 0 spiro atoms. The summed E-state index contributed by atoms with van der Waals surface area (Å²) in [6, 6.07) is 7.71. The van der Waals surface area contributed by atoms with Gasteiger partial charge in [-0.25, -0.2) is 0 Å². The van der Waals surface area contributed by atoms with E-state index in [1.807, 2.05) is 38.2 Å². The molecule has 1 unspecified atom stereocenters. The van der Waals surface area contributed by atoms with E-state index in [1.54, 1.807) is 4.90 Å². The lowest BCUT2D eigenvalue weighted by Gasteiger charge is -2.18. The molecule has 1 rings (SSSR count). The zero-order valence-electron chi connectivity index (χ0n) is 10.0. The number of carbonyl (C=O) groups excluding carboxylic acids is 1. The molecule has 16 heavy (non-hydrogen) atoms. The third-order valence-electron chi connectivity index (χ3n) is 2.47. The van der Waals surface area contributed by atoms with Gasteiger partial charge in [0.1, 0.15) is 0 Å². The SMILES string of the molecule is Cc1cccc(C(=O)N(C)CCC(C)Br)c1. The summed E-state index contributed by atoms with van der Waals surface area (Å²) >= 11 is 3.48. The van der Waals surface area contributed by atoms with Crippen molar-refractivity contribution < 1.29 is 4.79 Å². The largest absolute Gasteiger partial charge is 0.342 e. The van der Waals surface area contributed by atoms with Crippen molar-refractivity contribution in [2.75, 3.05) is 13.6 Å². The number of aryl methyl sites for hydroxylation is 1. The molecule has 0 aliphatic carbocycles. The van der Waals surface area contributed by atoms with Gasteiger partial charge in [-0.05, 0) is 25.5 Å². The highest BCUT2D eigenvalue weighted by atomic mass is 79.9. The number of rotatable bonds is 4. The van der Waals surface area contributed by atoms with E-state index in [2.05, 4.69) is 22.9 Å². The number of benzene rings is 1. The minimum atomic E-state index is 0.0943. The van der Waals surface area contributed by atoms with Gasteiger partial charge in [0.2, 0.25) is 0 Å².